The zero-order valence-corrected chi connectivity index (χ0v) is 13.0. The Morgan fingerprint density at radius 2 is 2.35 bits per heavy atom. The molecule has 23 heavy (non-hydrogen) atoms. The molecule has 2 amide bonds. The van der Waals surface area contributed by atoms with E-state index in [9.17, 15) is 4.79 Å². The van der Waals surface area contributed by atoms with Gasteiger partial charge in [-0.05, 0) is 11.6 Å². The highest BCUT2D eigenvalue weighted by molar-refractivity contribution is 5.73. The van der Waals surface area contributed by atoms with Crippen molar-refractivity contribution in [2.45, 2.75) is 18.9 Å². The highest BCUT2D eigenvalue weighted by atomic mass is 16.5. The molecule has 8 heteroatoms. The molecule has 4 N–H and O–H groups in total. The highest BCUT2D eigenvalue weighted by Gasteiger charge is 2.24. The summed E-state index contributed by atoms with van der Waals surface area (Å²) in [6.45, 7) is 0.999. The smallest absolute Gasteiger partial charge is 0.317 e. The third-order valence-electron chi connectivity index (χ3n) is 3.73. The number of anilines is 1. The Balaban J connectivity index is 1.42. The Morgan fingerprint density at radius 1 is 1.52 bits per heavy atom. The van der Waals surface area contributed by atoms with Gasteiger partial charge in [-0.25, -0.2) is 4.79 Å². The number of nitrogens with one attached hydrogen (secondary N) is 2. The van der Waals surface area contributed by atoms with Gasteiger partial charge in [0.15, 0.2) is 0 Å². The molecule has 122 valence electrons. The maximum absolute atomic E-state index is 12.1. The summed E-state index contributed by atoms with van der Waals surface area (Å²) in [5, 5.41) is 9.28. The molecule has 0 aliphatic carbocycles. The van der Waals surface area contributed by atoms with Crippen LogP contribution in [-0.2, 0) is 12.8 Å². The number of aromatic amines is 1. The van der Waals surface area contributed by atoms with Crippen LogP contribution in [0.2, 0.25) is 0 Å². The van der Waals surface area contributed by atoms with E-state index in [-0.39, 0.29) is 18.1 Å². The van der Waals surface area contributed by atoms with E-state index in [1.165, 1.54) is 5.56 Å². The van der Waals surface area contributed by atoms with Gasteiger partial charge in [-0.15, -0.1) is 5.10 Å². The number of nitrogens with zero attached hydrogens (tertiary/aromatic N) is 3. The molecule has 0 saturated heterocycles. The molecule has 2 heterocycles. The number of ether oxygens (including phenoxy) is 1. The van der Waals surface area contributed by atoms with E-state index in [1.54, 1.807) is 11.9 Å². The first kappa shape index (κ1) is 15.1. The van der Waals surface area contributed by atoms with Gasteiger partial charge >= 0.3 is 6.03 Å². The molecule has 0 fully saturated rings. The first-order valence-electron chi connectivity index (χ1n) is 7.52. The lowest BCUT2D eigenvalue weighted by Gasteiger charge is -2.21. The number of carbonyl (C=O) groups excluding carboxylic acids is 1. The number of hydrogen-bond donors (Lipinski definition) is 3. The average molecular weight is 316 g/mol. The van der Waals surface area contributed by atoms with Crippen molar-refractivity contribution in [1.82, 2.24) is 25.4 Å². The molecule has 1 aliphatic rings. The SMILES string of the molecule is CN(CC1Cc2ccccc2O1)C(=O)NCCc1nc(N)n[nH]1. The molecule has 1 aromatic heterocycles. The third-order valence-corrected chi connectivity index (χ3v) is 3.73. The quantitative estimate of drug-likeness (QED) is 0.747. The number of fused-ring (bicyclic) bond motifs is 1. The fourth-order valence-corrected chi connectivity index (χ4v) is 2.59. The van der Waals surface area contributed by atoms with Crippen LogP contribution in [0.15, 0.2) is 24.3 Å². The van der Waals surface area contributed by atoms with E-state index in [2.05, 4.69) is 26.6 Å². The molecule has 3 rings (SSSR count). The number of carbonyl (C=O) groups is 1. The third kappa shape index (κ3) is 3.71. The van der Waals surface area contributed by atoms with Gasteiger partial charge in [0.2, 0.25) is 5.95 Å². The van der Waals surface area contributed by atoms with Crippen LogP contribution in [0.25, 0.3) is 0 Å². The molecule has 0 spiro atoms. The standard InChI is InChI=1S/C15H20N6O2/c1-21(9-11-8-10-4-2-3-5-12(10)23-11)15(22)17-7-6-13-18-14(16)20-19-13/h2-5,11H,6-9H2,1H3,(H,17,22)(H3,16,18,19,20). The normalized spacial score (nSPS) is 15.8. The van der Waals surface area contributed by atoms with Gasteiger partial charge in [0, 0.05) is 26.4 Å². The summed E-state index contributed by atoms with van der Waals surface area (Å²) in [6, 6.07) is 7.82. The van der Waals surface area contributed by atoms with Gasteiger partial charge in [0.05, 0.1) is 6.54 Å². The van der Waals surface area contributed by atoms with Crippen LogP contribution in [0.4, 0.5) is 10.7 Å². The molecule has 1 unspecified atom stereocenters. The van der Waals surface area contributed by atoms with E-state index in [1.807, 2.05) is 18.2 Å². The molecule has 1 aliphatic heterocycles. The minimum atomic E-state index is -0.142. The fourth-order valence-electron chi connectivity index (χ4n) is 2.59. The van der Waals surface area contributed by atoms with Crippen LogP contribution in [-0.4, -0.2) is 52.4 Å². The number of H-pyrrole nitrogens is 1. The molecule has 0 saturated carbocycles. The fraction of sp³-hybridized carbons (Fsp3) is 0.400. The van der Waals surface area contributed by atoms with E-state index in [0.717, 1.165) is 12.2 Å². The zero-order valence-electron chi connectivity index (χ0n) is 13.0. The second-order valence-corrected chi connectivity index (χ2v) is 5.55. The largest absolute Gasteiger partial charge is 0.488 e. The van der Waals surface area contributed by atoms with Gasteiger partial charge in [0.1, 0.15) is 17.7 Å². The monoisotopic (exact) mass is 316 g/mol. The predicted molar refractivity (Wildman–Crippen MR) is 85.1 cm³/mol. The van der Waals surface area contributed by atoms with Crippen molar-refractivity contribution in [3.05, 3.63) is 35.7 Å². The Bertz CT molecular complexity index is 661. The number of nitrogen functional groups attached to an aromatic ring is 1. The molecule has 0 bridgehead atoms. The number of amides is 2. The lowest BCUT2D eigenvalue weighted by Crippen LogP contribution is -2.43. The van der Waals surface area contributed by atoms with Gasteiger partial charge < -0.3 is 20.7 Å². The van der Waals surface area contributed by atoms with Crippen LogP contribution in [0.1, 0.15) is 11.4 Å². The van der Waals surface area contributed by atoms with E-state index < -0.39 is 0 Å². The van der Waals surface area contributed by atoms with Crippen molar-refractivity contribution in [2.75, 3.05) is 25.9 Å². The second-order valence-electron chi connectivity index (χ2n) is 5.55. The molecule has 2 aromatic rings. The Kier molecular flexibility index (Phi) is 4.31. The molecule has 1 atom stereocenters. The molecular formula is C15H20N6O2. The maximum Gasteiger partial charge on any atom is 0.317 e. The second kappa shape index (κ2) is 6.55. The summed E-state index contributed by atoms with van der Waals surface area (Å²) in [6.07, 6.45) is 1.37. The maximum atomic E-state index is 12.1. The predicted octanol–water partition coefficient (Wildman–Crippen LogP) is 0.575. The first-order chi connectivity index (χ1) is 11.1. The number of para-hydroxylation sites is 1. The van der Waals surface area contributed by atoms with Crippen molar-refractivity contribution < 1.29 is 9.53 Å². The van der Waals surface area contributed by atoms with Gasteiger partial charge in [0.25, 0.3) is 0 Å². The summed E-state index contributed by atoms with van der Waals surface area (Å²) in [7, 11) is 1.76. The molecule has 1 aromatic carbocycles. The van der Waals surface area contributed by atoms with Crippen LogP contribution < -0.4 is 15.8 Å². The summed E-state index contributed by atoms with van der Waals surface area (Å²) >= 11 is 0. The topological polar surface area (TPSA) is 109 Å². The van der Waals surface area contributed by atoms with E-state index >= 15 is 0 Å². The first-order valence-corrected chi connectivity index (χ1v) is 7.52. The highest BCUT2D eigenvalue weighted by Crippen LogP contribution is 2.28. The van der Waals surface area contributed by atoms with Crippen molar-refractivity contribution in [1.29, 1.82) is 0 Å². The van der Waals surface area contributed by atoms with E-state index in [4.69, 9.17) is 10.5 Å². The Morgan fingerprint density at radius 3 is 3.09 bits per heavy atom. The minimum absolute atomic E-state index is 0.00257. The van der Waals surface area contributed by atoms with Gasteiger partial charge in [-0.1, -0.05) is 18.2 Å². The summed E-state index contributed by atoms with van der Waals surface area (Å²) in [5.41, 5.74) is 6.61. The zero-order chi connectivity index (χ0) is 16.2. The number of urea groups is 1. The van der Waals surface area contributed by atoms with Crippen molar-refractivity contribution in [3.8, 4) is 5.75 Å². The van der Waals surface area contributed by atoms with Crippen molar-refractivity contribution in [3.63, 3.8) is 0 Å². The van der Waals surface area contributed by atoms with Crippen LogP contribution in [0.5, 0.6) is 5.75 Å². The van der Waals surface area contributed by atoms with Crippen molar-refractivity contribution in [2.24, 2.45) is 0 Å². The number of aromatic nitrogens is 3. The number of likely N-dealkylation sites (N-methyl/N-ethyl adjacent to an activating group) is 1. The average Bonchev–Trinajstić information content (AvgIpc) is 3.12. The lowest BCUT2D eigenvalue weighted by molar-refractivity contribution is 0.164. The molecule has 8 nitrogen and oxygen atoms in total. The van der Waals surface area contributed by atoms with Crippen LogP contribution in [0, 0.1) is 0 Å². The number of hydrogen-bond acceptors (Lipinski definition) is 5. The molecular weight excluding hydrogens is 296 g/mol. The van der Waals surface area contributed by atoms with Crippen molar-refractivity contribution >= 4 is 12.0 Å². The van der Waals surface area contributed by atoms with Crippen LogP contribution in [0.3, 0.4) is 0 Å². The Hall–Kier alpha value is -2.77. The van der Waals surface area contributed by atoms with Crippen LogP contribution >= 0.6 is 0 Å². The summed E-state index contributed by atoms with van der Waals surface area (Å²) < 4.78 is 5.85. The summed E-state index contributed by atoms with van der Waals surface area (Å²) in [5.74, 6) is 1.77. The lowest BCUT2D eigenvalue weighted by atomic mass is 10.1. The number of benzene rings is 1. The Labute approximate surface area is 134 Å². The summed E-state index contributed by atoms with van der Waals surface area (Å²) in [4.78, 5) is 17.7. The van der Waals surface area contributed by atoms with Gasteiger partial charge in [-0.3, -0.25) is 5.10 Å². The minimum Gasteiger partial charge on any atom is -0.488 e. The van der Waals surface area contributed by atoms with E-state index in [0.29, 0.717) is 25.3 Å². The molecule has 0 radical (unpaired) electrons. The number of nitrogens with two attached hydrogens (primary N) is 1. The van der Waals surface area contributed by atoms with Gasteiger partial charge in [-0.2, -0.15) is 4.98 Å². The number of rotatable bonds is 5.